The topological polar surface area (TPSA) is 116 Å². The summed E-state index contributed by atoms with van der Waals surface area (Å²) in [5.74, 6) is -2.03. The molecule has 1 rings (SSSR count). The number of urea groups is 1. The van der Waals surface area contributed by atoms with Crippen LogP contribution in [0.15, 0.2) is 0 Å². The van der Waals surface area contributed by atoms with Crippen LogP contribution in [0.25, 0.3) is 0 Å². The van der Waals surface area contributed by atoms with Crippen molar-refractivity contribution in [1.82, 2.24) is 15.5 Å². The molecule has 1 aliphatic heterocycles. The number of carboxylic acid groups (broad SMARTS) is 1. The second kappa shape index (κ2) is 6.72. The van der Waals surface area contributed by atoms with Crippen molar-refractivity contribution >= 4 is 23.8 Å². The lowest BCUT2D eigenvalue weighted by molar-refractivity contribution is -0.142. The predicted octanol–water partition coefficient (Wildman–Crippen LogP) is -0.702. The Balaban J connectivity index is 2.48. The molecule has 0 radical (unpaired) electrons. The van der Waals surface area contributed by atoms with Gasteiger partial charge in [-0.3, -0.25) is 14.9 Å². The first-order chi connectivity index (χ1) is 8.93. The molecule has 0 aromatic rings. The van der Waals surface area contributed by atoms with Gasteiger partial charge in [-0.1, -0.05) is 13.3 Å². The molecule has 1 fully saturated rings. The molecule has 0 aliphatic carbocycles. The van der Waals surface area contributed by atoms with Crippen LogP contribution in [0.1, 0.15) is 26.2 Å². The van der Waals surface area contributed by atoms with Gasteiger partial charge in [-0.15, -0.1) is 0 Å². The average molecular weight is 271 g/mol. The zero-order valence-electron chi connectivity index (χ0n) is 10.6. The van der Waals surface area contributed by atoms with E-state index in [-0.39, 0.29) is 25.4 Å². The summed E-state index contributed by atoms with van der Waals surface area (Å²) in [6, 6.07) is -1.58. The van der Waals surface area contributed by atoms with E-state index in [4.69, 9.17) is 5.11 Å². The SMILES string of the molecule is CCCC(NC(=O)CN1CCC(=O)NC1=O)C(=O)O. The molecule has 8 heteroatoms. The summed E-state index contributed by atoms with van der Waals surface area (Å²) in [6.45, 7) is 1.71. The van der Waals surface area contributed by atoms with Crippen LogP contribution in [0.5, 0.6) is 0 Å². The van der Waals surface area contributed by atoms with Gasteiger partial charge in [0.15, 0.2) is 0 Å². The van der Waals surface area contributed by atoms with E-state index < -0.39 is 23.9 Å². The lowest BCUT2D eigenvalue weighted by atomic mass is 10.1. The summed E-state index contributed by atoms with van der Waals surface area (Å²) in [6.07, 6.45) is 1.08. The van der Waals surface area contributed by atoms with Gasteiger partial charge < -0.3 is 15.3 Å². The van der Waals surface area contributed by atoms with E-state index in [9.17, 15) is 19.2 Å². The molecule has 1 heterocycles. The van der Waals surface area contributed by atoms with Crippen molar-refractivity contribution in [3.05, 3.63) is 0 Å². The summed E-state index contributed by atoms with van der Waals surface area (Å²) in [5.41, 5.74) is 0. The van der Waals surface area contributed by atoms with E-state index in [0.29, 0.717) is 12.8 Å². The number of hydrogen-bond donors (Lipinski definition) is 3. The standard InChI is InChI=1S/C11H17N3O5/c1-2-3-7(10(17)18)12-9(16)6-14-5-4-8(15)13-11(14)19/h7H,2-6H2,1H3,(H,12,16)(H,17,18)(H,13,15,19). The normalized spacial score (nSPS) is 16.8. The summed E-state index contributed by atoms with van der Waals surface area (Å²) in [5, 5.41) is 13.3. The third-order valence-electron chi connectivity index (χ3n) is 2.69. The van der Waals surface area contributed by atoms with Gasteiger partial charge in [-0.2, -0.15) is 0 Å². The Kier molecular flexibility index (Phi) is 5.28. The molecule has 0 aromatic heterocycles. The third-order valence-corrected chi connectivity index (χ3v) is 2.69. The number of hydrogen-bond acceptors (Lipinski definition) is 4. The van der Waals surface area contributed by atoms with Crippen molar-refractivity contribution in [2.75, 3.05) is 13.1 Å². The first-order valence-electron chi connectivity index (χ1n) is 6.05. The van der Waals surface area contributed by atoms with Crippen molar-refractivity contribution in [2.24, 2.45) is 0 Å². The van der Waals surface area contributed by atoms with Gasteiger partial charge in [0, 0.05) is 13.0 Å². The minimum atomic E-state index is -1.10. The number of nitrogens with one attached hydrogen (secondary N) is 2. The van der Waals surface area contributed by atoms with Gasteiger partial charge in [0.2, 0.25) is 11.8 Å². The van der Waals surface area contributed by atoms with Gasteiger partial charge in [-0.25, -0.2) is 9.59 Å². The monoisotopic (exact) mass is 271 g/mol. The first-order valence-corrected chi connectivity index (χ1v) is 6.05. The second-order valence-electron chi connectivity index (χ2n) is 4.27. The molecule has 19 heavy (non-hydrogen) atoms. The number of imide groups is 1. The van der Waals surface area contributed by atoms with Gasteiger partial charge in [0.05, 0.1) is 0 Å². The van der Waals surface area contributed by atoms with Gasteiger partial charge >= 0.3 is 12.0 Å². The highest BCUT2D eigenvalue weighted by Gasteiger charge is 2.26. The molecule has 0 saturated carbocycles. The fraction of sp³-hybridized carbons (Fsp3) is 0.636. The van der Waals surface area contributed by atoms with Crippen molar-refractivity contribution in [3.63, 3.8) is 0 Å². The Morgan fingerprint density at radius 1 is 1.47 bits per heavy atom. The average Bonchev–Trinajstić information content (AvgIpc) is 2.32. The molecule has 106 valence electrons. The fourth-order valence-electron chi connectivity index (χ4n) is 1.71. The van der Waals surface area contributed by atoms with E-state index in [1.165, 1.54) is 4.90 Å². The largest absolute Gasteiger partial charge is 0.480 e. The van der Waals surface area contributed by atoms with E-state index >= 15 is 0 Å². The predicted molar refractivity (Wildman–Crippen MR) is 64.2 cm³/mol. The first kappa shape index (κ1) is 14.9. The fourth-order valence-corrected chi connectivity index (χ4v) is 1.71. The van der Waals surface area contributed by atoms with E-state index in [0.717, 1.165) is 0 Å². The van der Waals surface area contributed by atoms with Crippen LogP contribution in [0.2, 0.25) is 0 Å². The lowest BCUT2D eigenvalue weighted by Crippen LogP contribution is -2.53. The Hall–Kier alpha value is -2.12. The summed E-state index contributed by atoms with van der Waals surface area (Å²) >= 11 is 0. The van der Waals surface area contributed by atoms with Gasteiger partial charge in [0.25, 0.3) is 0 Å². The Morgan fingerprint density at radius 2 is 2.16 bits per heavy atom. The Morgan fingerprint density at radius 3 is 2.68 bits per heavy atom. The minimum Gasteiger partial charge on any atom is -0.480 e. The minimum absolute atomic E-state index is 0.135. The number of aliphatic carboxylic acids is 1. The Labute approximate surface area is 110 Å². The molecule has 8 nitrogen and oxygen atoms in total. The smallest absolute Gasteiger partial charge is 0.326 e. The van der Waals surface area contributed by atoms with Crippen LogP contribution in [-0.2, 0) is 14.4 Å². The summed E-state index contributed by atoms with van der Waals surface area (Å²) in [4.78, 5) is 46.0. The van der Waals surface area contributed by atoms with Crippen molar-refractivity contribution in [1.29, 1.82) is 0 Å². The van der Waals surface area contributed by atoms with Crippen molar-refractivity contribution in [3.8, 4) is 0 Å². The molecule has 1 atom stereocenters. The molecular weight excluding hydrogens is 254 g/mol. The molecule has 0 aromatic carbocycles. The number of carboxylic acids is 1. The molecule has 1 aliphatic rings. The van der Waals surface area contributed by atoms with E-state index in [1.807, 2.05) is 6.92 Å². The quantitative estimate of drug-likeness (QED) is 0.590. The molecule has 1 saturated heterocycles. The van der Waals surface area contributed by atoms with Gasteiger partial charge in [-0.05, 0) is 6.42 Å². The number of nitrogens with zero attached hydrogens (tertiary/aromatic N) is 1. The second-order valence-corrected chi connectivity index (χ2v) is 4.27. The maximum absolute atomic E-state index is 11.6. The van der Waals surface area contributed by atoms with Crippen LogP contribution in [-0.4, -0.2) is 53.0 Å². The zero-order valence-corrected chi connectivity index (χ0v) is 10.6. The lowest BCUT2D eigenvalue weighted by Gasteiger charge is -2.26. The van der Waals surface area contributed by atoms with Gasteiger partial charge in [0.1, 0.15) is 12.6 Å². The van der Waals surface area contributed by atoms with Crippen molar-refractivity contribution < 1.29 is 24.3 Å². The number of carbonyl (C=O) groups is 4. The number of amides is 4. The van der Waals surface area contributed by atoms with Crippen LogP contribution < -0.4 is 10.6 Å². The number of carbonyl (C=O) groups excluding carboxylic acids is 3. The molecule has 1 unspecified atom stereocenters. The van der Waals surface area contributed by atoms with Crippen LogP contribution >= 0.6 is 0 Å². The molecule has 0 bridgehead atoms. The maximum Gasteiger partial charge on any atom is 0.326 e. The molecule has 0 spiro atoms. The summed E-state index contributed by atoms with van der Waals surface area (Å²) < 4.78 is 0. The third kappa shape index (κ3) is 4.57. The van der Waals surface area contributed by atoms with E-state index in [1.54, 1.807) is 0 Å². The van der Waals surface area contributed by atoms with E-state index in [2.05, 4.69) is 10.6 Å². The van der Waals surface area contributed by atoms with Crippen molar-refractivity contribution in [2.45, 2.75) is 32.2 Å². The number of rotatable bonds is 6. The Bertz CT molecular complexity index is 396. The molecule has 3 N–H and O–H groups in total. The van der Waals surface area contributed by atoms with Crippen LogP contribution in [0.4, 0.5) is 4.79 Å². The molecular formula is C11H17N3O5. The highest BCUT2D eigenvalue weighted by Crippen LogP contribution is 2.01. The molecule has 4 amide bonds. The zero-order chi connectivity index (χ0) is 14.4. The van der Waals surface area contributed by atoms with Crippen LogP contribution in [0, 0.1) is 0 Å². The maximum atomic E-state index is 11.6. The van der Waals surface area contributed by atoms with Crippen LogP contribution in [0.3, 0.4) is 0 Å². The summed E-state index contributed by atoms with van der Waals surface area (Å²) in [7, 11) is 0. The highest BCUT2D eigenvalue weighted by atomic mass is 16.4. The highest BCUT2D eigenvalue weighted by molar-refractivity contribution is 5.98.